The number of piperidine rings is 1. The van der Waals surface area contributed by atoms with Gasteiger partial charge in [0.1, 0.15) is 0 Å². The van der Waals surface area contributed by atoms with Crippen molar-refractivity contribution in [3.8, 4) is 0 Å². The Balaban J connectivity index is 1.72. The van der Waals surface area contributed by atoms with E-state index in [0.29, 0.717) is 23.7 Å². The Morgan fingerprint density at radius 3 is 2.38 bits per heavy atom. The highest BCUT2D eigenvalue weighted by atomic mass is 16.2. The van der Waals surface area contributed by atoms with Crippen molar-refractivity contribution < 1.29 is 9.59 Å². The van der Waals surface area contributed by atoms with Crippen LogP contribution in [0.5, 0.6) is 0 Å². The highest BCUT2D eigenvalue weighted by molar-refractivity contribution is 6.21. The molecule has 0 saturated carbocycles. The molecule has 2 aliphatic heterocycles. The first-order valence-corrected chi connectivity index (χ1v) is 7.55. The minimum Gasteiger partial charge on any atom is -0.327 e. The second kappa shape index (κ2) is 5.58. The van der Waals surface area contributed by atoms with Crippen LogP contribution in [0.1, 0.15) is 40.5 Å². The molecule has 2 amide bonds. The molecule has 1 aromatic carbocycles. The second-order valence-corrected chi connectivity index (χ2v) is 5.92. The van der Waals surface area contributed by atoms with E-state index in [9.17, 15) is 9.59 Å². The van der Waals surface area contributed by atoms with Gasteiger partial charge in [-0.2, -0.15) is 0 Å². The Bertz CT molecular complexity index is 537. The first-order valence-electron chi connectivity index (χ1n) is 7.55. The molecule has 1 aromatic rings. The Kier molecular flexibility index (Phi) is 3.78. The lowest BCUT2D eigenvalue weighted by atomic mass is 9.91. The van der Waals surface area contributed by atoms with Crippen LogP contribution in [-0.4, -0.2) is 47.4 Å². The number of carbonyl (C=O) groups excluding carboxylic acids is 2. The molecule has 0 bridgehead atoms. The highest BCUT2D eigenvalue weighted by Gasteiger charge is 2.37. The molecule has 2 heterocycles. The van der Waals surface area contributed by atoms with Gasteiger partial charge in [0, 0.05) is 19.1 Å². The van der Waals surface area contributed by atoms with E-state index in [-0.39, 0.29) is 17.9 Å². The van der Waals surface area contributed by atoms with Crippen molar-refractivity contribution in [2.45, 2.75) is 25.8 Å². The van der Waals surface area contributed by atoms with Crippen LogP contribution in [0.2, 0.25) is 0 Å². The van der Waals surface area contributed by atoms with Gasteiger partial charge in [0.15, 0.2) is 0 Å². The molecule has 112 valence electrons. The Labute approximate surface area is 124 Å². The van der Waals surface area contributed by atoms with E-state index in [2.05, 4.69) is 11.8 Å². The summed E-state index contributed by atoms with van der Waals surface area (Å²) >= 11 is 0. The van der Waals surface area contributed by atoms with E-state index in [1.165, 1.54) is 4.90 Å². The lowest BCUT2D eigenvalue weighted by molar-refractivity contribution is 0.0461. The molecule has 3 rings (SSSR count). The predicted molar refractivity (Wildman–Crippen MR) is 79.8 cm³/mol. The molecule has 2 atom stereocenters. The molecule has 5 heteroatoms. The minimum absolute atomic E-state index is 0.182. The van der Waals surface area contributed by atoms with Crippen LogP contribution in [-0.2, 0) is 0 Å². The van der Waals surface area contributed by atoms with E-state index >= 15 is 0 Å². The van der Waals surface area contributed by atoms with Gasteiger partial charge >= 0.3 is 0 Å². The van der Waals surface area contributed by atoms with Crippen molar-refractivity contribution >= 4 is 11.8 Å². The normalized spacial score (nSPS) is 26.3. The van der Waals surface area contributed by atoms with Crippen molar-refractivity contribution in [1.29, 1.82) is 0 Å². The van der Waals surface area contributed by atoms with Crippen LogP contribution < -0.4 is 5.73 Å². The van der Waals surface area contributed by atoms with E-state index in [1.54, 1.807) is 24.3 Å². The molecule has 0 aliphatic carbocycles. The van der Waals surface area contributed by atoms with Gasteiger partial charge in [-0.05, 0) is 24.5 Å². The molecule has 1 saturated heterocycles. The summed E-state index contributed by atoms with van der Waals surface area (Å²) in [5.74, 6) is 0.0750. The number of hydrogen-bond acceptors (Lipinski definition) is 4. The lowest BCUT2D eigenvalue weighted by Gasteiger charge is -2.37. The zero-order valence-corrected chi connectivity index (χ0v) is 12.3. The maximum atomic E-state index is 12.3. The molecule has 0 spiro atoms. The molecule has 2 N–H and O–H groups in total. The fourth-order valence-electron chi connectivity index (χ4n) is 3.25. The number of hydrogen-bond donors (Lipinski definition) is 1. The summed E-state index contributed by atoms with van der Waals surface area (Å²) in [4.78, 5) is 28.2. The quantitative estimate of drug-likeness (QED) is 0.851. The Hall–Kier alpha value is -1.72. The zero-order chi connectivity index (χ0) is 15.0. The molecular formula is C16H21N3O2. The van der Waals surface area contributed by atoms with Crippen LogP contribution >= 0.6 is 0 Å². The van der Waals surface area contributed by atoms with Crippen molar-refractivity contribution in [2.24, 2.45) is 11.7 Å². The largest absolute Gasteiger partial charge is 0.327 e. The van der Waals surface area contributed by atoms with Gasteiger partial charge in [0.2, 0.25) is 0 Å². The molecule has 0 aromatic heterocycles. The summed E-state index contributed by atoms with van der Waals surface area (Å²) < 4.78 is 0. The van der Waals surface area contributed by atoms with Crippen LogP contribution in [0.4, 0.5) is 0 Å². The number of rotatable bonds is 3. The number of nitrogens with two attached hydrogens (primary N) is 1. The number of fused-ring (bicyclic) bond motifs is 1. The van der Waals surface area contributed by atoms with Crippen LogP contribution in [0.3, 0.4) is 0 Å². The average molecular weight is 287 g/mol. The first kappa shape index (κ1) is 14.2. The molecule has 0 radical (unpaired) electrons. The molecule has 2 aliphatic rings. The number of carbonyl (C=O) groups is 2. The maximum absolute atomic E-state index is 12.3. The number of nitrogens with zero attached hydrogens (tertiary/aromatic N) is 2. The molecular weight excluding hydrogens is 266 g/mol. The predicted octanol–water partition coefficient (Wildman–Crippen LogP) is 1.30. The third kappa shape index (κ3) is 2.47. The van der Waals surface area contributed by atoms with Gasteiger partial charge in [-0.15, -0.1) is 0 Å². The van der Waals surface area contributed by atoms with Crippen LogP contribution in [0, 0.1) is 5.92 Å². The minimum atomic E-state index is -0.182. The third-order valence-corrected chi connectivity index (χ3v) is 4.62. The highest BCUT2D eigenvalue weighted by Crippen LogP contribution is 2.24. The van der Waals surface area contributed by atoms with Gasteiger partial charge in [-0.3, -0.25) is 19.4 Å². The number of amides is 2. The van der Waals surface area contributed by atoms with Gasteiger partial charge in [0.25, 0.3) is 11.8 Å². The van der Waals surface area contributed by atoms with Gasteiger partial charge in [-0.25, -0.2) is 0 Å². The summed E-state index contributed by atoms with van der Waals surface area (Å²) in [5.41, 5.74) is 7.14. The number of likely N-dealkylation sites (tertiary alicyclic amines) is 1. The van der Waals surface area contributed by atoms with E-state index in [4.69, 9.17) is 5.73 Å². The molecule has 2 unspecified atom stereocenters. The molecule has 5 nitrogen and oxygen atoms in total. The Morgan fingerprint density at radius 2 is 1.81 bits per heavy atom. The zero-order valence-electron chi connectivity index (χ0n) is 12.3. The number of benzene rings is 1. The van der Waals surface area contributed by atoms with Crippen LogP contribution in [0.15, 0.2) is 24.3 Å². The van der Waals surface area contributed by atoms with Gasteiger partial charge < -0.3 is 5.73 Å². The summed E-state index contributed by atoms with van der Waals surface area (Å²) in [6.07, 6.45) is 1.95. The standard InChI is InChI=1S/C16H21N3O2/c1-2-11-9-18(8-7-14(11)17)10-19-15(20)12-5-3-4-6-13(12)16(19)21/h3-6,11,14H,2,7-10,17H2,1H3. The number of imide groups is 1. The smallest absolute Gasteiger partial charge is 0.262 e. The SMILES string of the molecule is CCC1CN(CN2C(=O)c3ccccc3C2=O)CCC1N. The van der Waals surface area contributed by atoms with E-state index in [0.717, 1.165) is 25.9 Å². The average Bonchev–Trinajstić information content (AvgIpc) is 2.74. The second-order valence-electron chi connectivity index (χ2n) is 5.92. The van der Waals surface area contributed by atoms with Crippen LogP contribution in [0.25, 0.3) is 0 Å². The van der Waals surface area contributed by atoms with Crippen molar-refractivity contribution in [2.75, 3.05) is 19.8 Å². The van der Waals surface area contributed by atoms with Gasteiger partial charge in [0.05, 0.1) is 17.8 Å². The summed E-state index contributed by atoms with van der Waals surface area (Å²) in [6.45, 7) is 4.20. The lowest BCUT2D eigenvalue weighted by Crippen LogP contribution is -2.51. The monoisotopic (exact) mass is 287 g/mol. The Morgan fingerprint density at radius 1 is 1.19 bits per heavy atom. The van der Waals surface area contributed by atoms with Crippen molar-refractivity contribution in [3.63, 3.8) is 0 Å². The van der Waals surface area contributed by atoms with Crippen molar-refractivity contribution in [1.82, 2.24) is 9.80 Å². The van der Waals surface area contributed by atoms with Crippen molar-refractivity contribution in [3.05, 3.63) is 35.4 Å². The maximum Gasteiger partial charge on any atom is 0.262 e. The summed E-state index contributed by atoms with van der Waals surface area (Å²) in [5, 5.41) is 0. The summed E-state index contributed by atoms with van der Waals surface area (Å²) in [7, 11) is 0. The van der Waals surface area contributed by atoms with Gasteiger partial charge in [-0.1, -0.05) is 25.5 Å². The fraction of sp³-hybridized carbons (Fsp3) is 0.500. The first-order chi connectivity index (χ1) is 10.1. The summed E-state index contributed by atoms with van der Waals surface area (Å²) in [6, 6.07) is 7.25. The van der Waals surface area contributed by atoms with E-state index in [1.807, 2.05) is 0 Å². The molecule has 21 heavy (non-hydrogen) atoms. The fourth-order valence-corrected chi connectivity index (χ4v) is 3.25. The topological polar surface area (TPSA) is 66.6 Å². The van der Waals surface area contributed by atoms with E-state index < -0.39 is 0 Å². The molecule has 1 fully saturated rings. The third-order valence-electron chi connectivity index (χ3n) is 4.62.